The third-order valence-corrected chi connectivity index (χ3v) is 2.27. The molecule has 92 valence electrons. The molecule has 0 saturated carbocycles. The summed E-state index contributed by atoms with van der Waals surface area (Å²) in [6, 6.07) is 0. The van der Waals surface area contributed by atoms with E-state index in [-0.39, 0.29) is 12.4 Å². The maximum absolute atomic E-state index is 11.9. The number of carboxylic acid groups (broad SMARTS) is 1. The minimum atomic E-state index is -1.08. The molecule has 0 spiro atoms. The minimum Gasteiger partial charge on any atom is -0.480 e. The number of imidazole rings is 1. The highest BCUT2D eigenvalue weighted by molar-refractivity contribution is 5.85. The van der Waals surface area contributed by atoms with Crippen LogP contribution in [0.15, 0.2) is 11.1 Å². The maximum Gasteiger partial charge on any atom is 0.323 e. The first kappa shape index (κ1) is 13.2. The van der Waals surface area contributed by atoms with Gasteiger partial charge in [-0.15, -0.1) is 12.4 Å². The van der Waals surface area contributed by atoms with Crippen molar-refractivity contribution in [1.29, 1.82) is 0 Å². The van der Waals surface area contributed by atoms with Gasteiger partial charge in [-0.1, -0.05) is 0 Å². The van der Waals surface area contributed by atoms with Crippen molar-refractivity contribution in [3.8, 4) is 0 Å². The molecule has 7 nitrogen and oxygen atoms in total. The van der Waals surface area contributed by atoms with Gasteiger partial charge in [-0.2, -0.15) is 5.10 Å². The Hall–Kier alpha value is -1.89. The highest BCUT2D eigenvalue weighted by Gasteiger charge is 2.12. The molecule has 0 fully saturated rings. The molecule has 1 N–H and O–H groups in total. The molecule has 0 aromatic carbocycles. The van der Waals surface area contributed by atoms with E-state index in [4.69, 9.17) is 5.11 Å². The first-order valence-electron chi connectivity index (χ1n) is 4.64. The number of hydrogen-bond donors (Lipinski definition) is 1. The highest BCUT2D eigenvalue weighted by atomic mass is 35.5. The number of hydrogen-bond acceptors (Lipinski definition) is 4. The fourth-order valence-corrected chi connectivity index (χ4v) is 1.61. The van der Waals surface area contributed by atoms with Crippen LogP contribution in [0.1, 0.15) is 11.5 Å². The van der Waals surface area contributed by atoms with Gasteiger partial charge in [0, 0.05) is 0 Å². The predicted molar refractivity (Wildman–Crippen MR) is 61.6 cm³/mol. The molecule has 8 heteroatoms. The molecule has 0 amide bonds. The number of halogens is 1. The molecular weight excluding hydrogens is 248 g/mol. The summed E-state index contributed by atoms with van der Waals surface area (Å²) >= 11 is 0. The van der Waals surface area contributed by atoms with E-state index in [1.807, 2.05) is 0 Å². The van der Waals surface area contributed by atoms with Gasteiger partial charge in [0.15, 0.2) is 5.52 Å². The van der Waals surface area contributed by atoms with Gasteiger partial charge in [0.1, 0.15) is 18.7 Å². The Labute approximate surface area is 102 Å². The van der Waals surface area contributed by atoms with E-state index < -0.39 is 18.1 Å². The van der Waals surface area contributed by atoms with Crippen molar-refractivity contribution in [3.63, 3.8) is 0 Å². The monoisotopic (exact) mass is 258 g/mol. The number of aromatic nitrogens is 4. The van der Waals surface area contributed by atoms with Crippen LogP contribution in [0.4, 0.5) is 0 Å². The summed E-state index contributed by atoms with van der Waals surface area (Å²) in [6.45, 7) is 3.02. The molecule has 0 atom stereocenters. The molecule has 17 heavy (non-hydrogen) atoms. The zero-order valence-corrected chi connectivity index (χ0v) is 10.1. The zero-order chi connectivity index (χ0) is 11.9. The van der Waals surface area contributed by atoms with E-state index in [1.54, 1.807) is 13.8 Å². The third-order valence-electron chi connectivity index (χ3n) is 2.27. The standard InChI is InChI=1S/C9H10N4O3.ClH/c1-5-8-9(16)12(3-7(14)15)4-10-13(8)6(2)11-5;/h4H,3H2,1-2H3,(H,14,15);1H. The molecule has 0 radical (unpaired) electrons. The lowest BCUT2D eigenvalue weighted by atomic mass is 10.4. The highest BCUT2D eigenvalue weighted by Crippen LogP contribution is 2.04. The second kappa shape index (κ2) is 4.54. The Bertz CT molecular complexity index is 631. The molecule has 2 aromatic rings. The van der Waals surface area contributed by atoms with Crippen LogP contribution in [0.5, 0.6) is 0 Å². The van der Waals surface area contributed by atoms with E-state index in [1.165, 1.54) is 10.8 Å². The van der Waals surface area contributed by atoms with E-state index in [9.17, 15) is 9.59 Å². The van der Waals surface area contributed by atoms with Gasteiger partial charge in [-0.05, 0) is 13.8 Å². The van der Waals surface area contributed by atoms with Crippen LogP contribution in [0.3, 0.4) is 0 Å². The number of aryl methyl sites for hydroxylation is 2. The van der Waals surface area contributed by atoms with Gasteiger partial charge >= 0.3 is 5.97 Å². The largest absolute Gasteiger partial charge is 0.480 e. The van der Waals surface area contributed by atoms with Crippen molar-refractivity contribution in [2.24, 2.45) is 0 Å². The molecule has 2 rings (SSSR count). The number of rotatable bonds is 2. The Kier molecular flexibility index (Phi) is 3.52. The summed E-state index contributed by atoms with van der Waals surface area (Å²) in [5, 5.41) is 12.6. The number of carboxylic acids is 1. The van der Waals surface area contributed by atoms with Crippen LogP contribution < -0.4 is 5.56 Å². The summed E-state index contributed by atoms with van der Waals surface area (Å²) in [5.41, 5.74) is 0.478. The first-order valence-corrected chi connectivity index (χ1v) is 4.64. The van der Waals surface area contributed by atoms with E-state index in [2.05, 4.69) is 10.1 Å². The van der Waals surface area contributed by atoms with Crippen molar-refractivity contribution >= 4 is 23.9 Å². The lowest BCUT2D eigenvalue weighted by Gasteiger charge is -2.02. The normalized spacial score (nSPS) is 10.2. The van der Waals surface area contributed by atoms with Gasteiger partial charge < -0.3 is 5.11 Å². The second-order valence-electron chi connectivity index (χ2n) is 3.46. The molecule has 0 unspecified atom stereocenters. The topological polar surface area (TPSA) is 89.5 Å². The Morgan fingerprint density at radius 2 is 2.12 bits per heavy atom. The number of carbonyl (C=O) groups is 1. The van der Waals surface area contributed by atoms with Crippen LogP contribution in [0, 0.1) is 13.8 Å². The first-order chi connectivity index (χ1) is 7.50. The molecule has 0 saturated heterocycles. The summed E-state index contributed by atoms with van der Waals surface area (Å²) in [7, 11) is 0. The third kappa shape index (κ3) is 2.14. The SMILES string of the molecule is Cc1nc(C)n2ncn(CC(=O)O)c(=O)c12.Cl. The van der Waals surface area contributed by atoms with Crippen LogP contribution in [0.2, 0.25) is 0 Å². The van der Waals surface area contributed by atoms with E-state index >= 15 is 0 Å². The average Bonchev–Trinajstić information content (AvgIpc) is 2.46. The van der Waals surface area contributed by atoms with Crippen molar-refractivity contribution in [2.45, 2.75) is 20.4 Å². The minimum absolute atomic E-state index is 0. The quantitative estimate of drug-likeness (QED) is 0.820. The molecule has 0 aliphatic heterocycles. The van der Waals surface area contributed by atoms with Crippen molar-refractivity contribution in [3.05, 3.63) is 28.2 Å². The van der Waals surface area contributed by atoms with Crippen LogP contribution >= 0.6 is 12.4 Å². The van der Waals surface area contributed by atoms with Crippen LogP contribution in [-0.2, 0) is 11.3 Å². The lowest BCUT2D eigenvalue weighted by Crippen LogP contribution is -2.26. The summed E-state index contributed by atoms with van der Waals surface area (Å²) in [4.78, 5) is 26.5. The molecule has 2 heterocycles. The average molecular weight is 259 g/mol. The smallest absolute Gasteiger partial charge is 0.323 e. The van der Waals surface area contributed by atoms with Crippen LogP contribution in [-0.4, -0.2) is 30.2 Å². The van der Waals surface area contributed by atoms with Crippen molar-refractivity contribution in [2.75, 3.05) is 0 Å². The summed E-state index contributed by atoms with van der Waals surface area (Å²) in [5.74, 6) is -0.478. The summed E-state index contributed by atoms with van der Waals surface area (Å²) < 4.78 is 2.46. The Balaban J connectivity index is 0.00000144. The Morgan fingerprint density at radius 1 is 1.47 bits per heavy atom. The molecule has 0 aliphatic carbocycles. The molecule has 0 aliphatic rings. The van der Waals surface area contributed by atoms with Gasteiger partial charge in [0.05, 0.1) is 5.69 Å². The fraction of sp³-hybridized carbons (Fsp3) is 0.333. The zero-order valence-electron chi connectivity index (χ0n) is 9.25. The van der Waals surface area contributed by atoms with Crippen molar-refractivity contribution in [1.82, 2.24) is 19.2 Å². The molecular formula is C9H11ClN4O3. The Morgan fingerprint density at radius 3 is 2.71 bits per heavy atom. The summed E-state index contributed by atoms with van der Waals surface area (Å²) in [6.07, 6.45) is 1.21. The van der Waals surface area contributed by atoms with Gasteiger partial charge in [0.2, 0.25) is 0 Å². The van der Waals surface area contributed by atoms with Crippen molar-refractivity contribution < 1.29 is 9.90 Å². The van der Waals surface area contributed by atoms with E-state index in [0.717, 1.165) is 4.57 Å². The van der Waals surface area contributed by atoms with Gasteiger partial charge in [0.25, 0.3) is 5.56 Å². The fourth-order valence-electron chi connectivity index (χ4n) is 1.61. The van der Waals surface area contributed by atoms with Crippen LogP contribution in [0.25, 0.3) is 5.52 Å². The molecule has 0 bridgehead atoms. The molecule has 2 aromatic heterocycles. The maximum atomic E-state index is 11.9. The number of fused-ring (bicyclic) bond motifs is 1. The van der Waals surface area contributed by atoms with Gasteiger partial charge in [-0.3, -0.25) is 14.2 Å². The number of nitrogens with zero attached hydrogens (tertiary/aromatic N) is 4. The lowest BCUT2D eigenvalue weighted by molar-refractivity contribution is -0.137. The van der Waals surface area contributed by atoms with E-state index in [0.29, 0.717) is 17.0 Å². The second-order valence-corrected chi connectivity index (χ2v) is 3.46. The van der Waals surface area contributed by atoms with Gasteiger partial charge in [-0.25, -0.2) is 9.50 Å². The predicted octanol–water partition coefficient (Wildman–Crippen LogP) is 0.0142. The number of aliphatic carboxylic acids is 1.